The van der Waals surface area contributed by atoms with E-state index in [9.17, 15) is 13.2 Å². The van der Waals surface area contributed by atoms with E-state index in [1.807, 2.05) is 20.8 Å². The van der Waals surface area contributed by atoms with E-state index in [-0.39, 0.29) is 16.8 Å². The average molecular weight is 356 g/mol. The summed E-state index contributed by atoms with van der Waals surface area (Å²) in [6, 6.07) is 6.41. The Bertz CT molecular complexity index is 652. The van der Waals surface area contributed by atoms with Gasteiger partial charge < -0.3 is 11.1 Å². The summed E-state index contributed by atoms with van der Waals surface area (Å²) in [6.07, 6.45) is 1.44. The van der Waals surface area contributed by atoms with E-state index in [2.05, 4.69) is 5.32 Å². The lowest BCUT2D eigenvalue weighted by Crippen LogP contribution is -2.51. The number of nitrogens with one attached hydrogen (secondary N) is 1. The van der Waals surface area contributed by atoms with Gasteiger partial charge in [0.25, 0.3) is 0 Å². The van der Waals surface area contributed by atoms with Gasteiger partial charge in [-0.3, -0.25) is 4.79 Å². The zero-order valence-corrected chi connectivity index (χ0v) is 16.0. The Morgan fingerprint density at radius 2 is 1.83 bits per heavy atom. The van der Waals surface area contributed by atoms with Crippen LogP contribution in [0.5, 0.6) is 0 Å². The zero-order valence-electron chi connectivity index (χ0n) is 15.2. The van der Waals surface area contributed by atoms with Gasteiger partial charge in [-0.25, -0.2) is 8.42 Å². The van der Waals surface area contributed by atoms with E-state index < -0.39 is 15.6 Å². The highest BCUT2D eigenvalue weighted by Crippen LogP contribution is 2.17. The van der Waals surface area contributed by atoms with E-state index in [1.165, 1.54) is 4.31 Å². The first-order chi connectivity index (χ1) is 11.0. The molecule has 6 nitrogen and oxygen atoms in total. The highest BCUT2D eigenvalue weighted by atomic mass is 32.2. The highest BCUT2D eigenvalue weighted by molar-refractivity contribution is 7.89. The van der Waals surface area contributed by atoms with Crippen molar-refractivity contribution in [1.82, 2.24) is 9.62 Å². The predicted molar refractivity (Wildman–Crippen MR) is 95.9 cm³/mol. The Kier molecular flexibility index (Phi) is 6.95. The maximum atomic E-state index is 12.4. The number of nitrogens with zero attached hydrogens (tertiary/aromatic N) is 1. The predicted octanol–water partition coefficient (Wildman–Crippen LogP) is 1.85. The Morgan fingerprint density at radius 3 is 2.29 bits per heavy atom. The Hall–Kier alpha value is -1.44. The first-order valence-corrected chi connectivity index (χ1v) is 9.60. The van der Waals surface area contributed by atoms with Crippen LogP contribution in [0.1, 0.15) is 46.1 Å². The number of rotatable bonds is 8. The van der Waals surface area contributed by atoms with Gasteiger partial charge in [0.2, 0.25) is 15.9 Å². The maximum Gasteiger partial charge on any atom is 0.243 e. The highest BCUT2D eigenvalue weighted by Gasteiger charge is 2.27. The van der Waals surface area contributed by atoms with Gasteiger partial charge in [-0.15, -0.1) is 0 Å². The van der Waals surface area contributed by atoms with E-state index in [1.54, 1.807) is 38.2 Å². The SMILES string of the molecule is CCCC(C)(N)C(=O)NCc1ccc(S(=O)(=O)N(C)C(C)C)cc1. The van der Waals surface area contributed by atoms with Crippen molar-refractivity contribution in [1.29, 1.82) is 0 Å². The fourth-order valence-electron chi connectivity index (χ4n) is 2.24. The van der Waals surface area contributed by atoms with Crippen molar-refractivity contribution in [3.8, 4) is 0 Å². The van der Waals surface area contributed by atoms with Crippen molar-refractivity contribution in [3.05, 3.63) is 29.8 Å². The number of amides is 1. The lowest BCUT2D eigenvalue weighted by molar-refractivity contribution is -0.126. The molecule has 0 heterocycles. The van der Waals surface area contributed by atoms with Crippen LogP contribution in [-0.2, 0) is 21.4 Å². The molecule has 0 spiro atoms. The van der Waals surface area contributed by atoms with Crippen molar-refractivity contribution in [2.75, 3.05) is 7.05 Å². The van der Waals surface area contributed by atoms with Crippen molar-refractivity contribution >= 4 is 15.9 Å². The second-order valence-corrected chi connectivity index (χ2v) is 8.61. The molecule has 0 saturated carbocycles. The van der Waals surface area contributed by atoms with Crippen LogP contribution in [0, 0.1) is 0 Å². The third kappa shape index (κ3) is 5.03. The first kappa shape index (κ1) is 20.6. The van der Waals surface area contributed by atoms with Crippen molar-refractivity contribution in [2.45, 2.75) is 63.6 Å². The number of hydrogen-bond acceptors (Lipinski definition) is 4. The molecular weight excluding hydrogens is 326 g/mol. The molecule has 0 saturated heterocycles. The fraction of sp³-hybridized carbons (Fsp3) is 0.588. The molecule has 1 aromatic carbocycles. The largest absolute Gasteiger partial charge is 0.350 e. The molecule has 0 aliphatic rings. The Labute approximate surface area is 145 Å². The quantitative estimate of drug-likeness (QED) is 0.744. The normalized spacial score (nSPS) is 14.7. The Morgan fingerprint density at radius 1 is 1.29 bits per heavy atom. The van der Waals surface area contributed by atoms with Gasteiger partial charge in [-0.1, -0.05) is 25.5 Å². The summed E-state index contributed by atoms with van der Waals surface area (Å²) in [5.41, 5.74) is 5.91. The lowest BCUT2D eigenvalue weighted by atomic mass is 9.96. The van der Waals surface area contributed by atoms with Gasteiger partial charge in [0.05, 0.1) is 10.4 Å². The van der Waals surface area contributed by atoms with Gasteiger partial charge >= 0.3 is 0 Å². The molecule has 1 atom stereocenters. The van der Waals surface area contributed by atoms with Crippen LogP contribution < -0.4 is 11.1 Å². The van der Waals surface area contributed by atoms with Crippen LogP contribution in [0.2, 0.25) is 0 Å². The van der Waals surface area contributed by atoms with E-state index in [0.29, 0.717) is 13.0 Å². The summed E-state index contributed by atoms with van der Waals surface area (Å²) in [4.78, 5) is 12.3. The molecule has 0 radical (unpaired) electrons. The minimum absolute atomic E-state index is 0.116. The van der Waals surface area contributed by atoms with Crippen molar-refractivity contribution in [2.24, 2.45) is 5.73 Å². The summed E-state index contributed by atoms with van der Waals surface area (Å²) in [6.45, 7) is 7.65. The second kappa shape index (κ2) is 8.09. The monoisotopic (exact) mass is 355 g/mol. The van der Waals surface area contributed by atoms with Crippen LogP contribution in [0.3, 0.4) is 0 Å². The third-order valence-electron chi connectivity index (χ3n) is 4.07. The topological polar surface area (TPSA) is 92.5 Å². The molecule has 0 fully saturated rings. The number of carbonyl (C=O) groups is 1. The van der Waals surface area contributed by atoms with Crippen LogP contribution in [0.15, 0.2) is 29.2 Å². The molecular formula is C17H29N3O3S. The van der Waals surface area contributed by atoms with Gasteiger partial charge in [0.1, 0.15) is 0 Å². The fourth-order valence-corrected chi connectivity index (χ4v) is 3.61. The van der Waals surface area contributed by atoms with Gasteiger partial charge in [-0.2, -0.15) is 4.31 Å². The molecule has 3 N–H and O–H groups in total. The third-order valence-corrected chi connectivity index (χ3v) is 6.12. The number of carbonyl (C=O) groups excluding carboxylic acids is 1. The number of sulfonamides is 1. The molecule has 1 amide bonds. The van der Waals surface area contributed by atoms with E-state index in [0.717, 1.165) is 12.0 Å². The molecule has 24 heavy (non-hydrogen) atoms. The van der Waals surface area contributed by atoms with Gasteiger partial charge in [0.15, 0.2) is 0 Å². The lowest BCUT2D eigenvalue weighted by Gasteiger charge is -2.23. The van der Waals surface area contributed by atoms with Crippen LogP contribution in [0.25, 0.3) is 0 Å². The van der Waals surface area contributed by atoms with Gasteiger partial charge in [0, 0.05) is 19.6 Å². The zero-order chi connectivity index (χ0) is 18.5. The summed E-state index contributed by atoms with van der Waals surface area (Å²) in [7, 11) is -1.93. The molecule has 0 aliphatic carbocycles. The standard InChI is InChI=1S/C17H29N3O3S/c1-6-11-17(4,18)16(21)19-12-14-7-9-15(10-8-14)24(22,23)20(5)13(2)3/h7-10,13H,6,11-12,18H2,1-5H3,(H,19,21). The summed E-state index contributed by atoms with van der Waals surface area (Å²) >= 11 is 0. The molecule has 1 unspecified atom stereocenters. The smallest absolute Gasteiger partial charge is 0.243 e. The van der Waals surface area contributed by atoms with Crippen molar-refractivity contribution in [3.63, 3.8) is 0 Å². The van der Waals surface area contributed by atoms with E-state index >= 15 is 0 Å². The summed E-state index contributed by atoms with van der Waals surface area (Å²) in [5.74, 6) is -0.208. The summed E-state index contributed by atoms with van der Waals surface area (Å²) in [5, 5.41) is 2.80. The maximum absolute atomic E-state index is 12.4. The molecule has 1 rings (SSSR count). The average Bonchev–Trinajstić information content (AvgIpc) is 2.51. The molecule has 136 valence electrons. The van der Waals surface area contributed by atoms with Crippen LogP contribution in [-0.4, -0.2) is 37.3 Å². The number of nitrogens with two attached hydrogens (primary N) is 1. The molecule has 0 bridgehead atoms. The summed E-state index contributed by atoms with van der Waals surface area (Å²) < 4.78 is 26.1. The minimum atomic E-state index is -3.49. The molecule has 1 aromatic rings. The van der Waals surface area contributed by atoms with Crippen LogP contribution >= 0.6 is 0 Å². The van der Waals surface area contributed by atoms with Crippen molar-refractivity contribution < 1.29 is 13.2 Å². The molecule has 0 aromatic heterocycles. The van der Waals surface area contributed by atoms with E-state index in [4.69, 9.17) is 5.73 Å². The van der Waals surface area contributed by atoms with Gasteiger partial charge in [-0.05, 0) is 44.9 Å². The molecule has 7 heteroatoms. The van der Waals surface area contributed by atoms with Crippen LogP contribution in [0.4, 0.5) is 0 Å². The number of benzene rings is 1. The minimum Gasteiger partial charge on any atom is -0.350 e. The Balaban J connectivity index is 2.78. The second-order valence-electron chi connectivity index (χ2n) is 6.61. The number of hydrogen-bond donors (Lipinski definition) is 2. The molecule has 0 aliphatic heterocycles. The first-order valence-electron chi connectivity index (χ1n) is 8.16.